The summed E-state index contributed by atoms with van der Waals surface area (Å²) in [6, 6.07) is 10.1. The number of nitrogens with one attached hydrogen (secondary N) is 1. The van der Waals surface area contributed by atoms with E-state index in [-0.39, 0.29) is 0 Å². The Bertz CT molecular complexity index is 844. The Morgan fingerprint density at radius 2 is 2.00 bits per heavy atom. The molecule has 2 heterocycles. The van der Waals surface area contributed by atoms with Crippen molar-refractivity contribution in [1.29, 1.82) is 0 Å². The Balaban J connectivity index is 1.50. The van der Waals surface area contributed by atoms with Crippen LogP contribution >= 0.6 is 11.3 Å². The van der Waals surface area contributed by atoms with Crippen molar-refractivity contribution in [1.82, 2.24) is 5.32 Å². The largest absolute Gasteiger partial charge is 0.452 e. The van der Waals surface area contributed by atoms with Crippen LogP contribution < -0.4 is 10.3 Å². The van der Waals surface area contributed by atoms with Crippen LogP contribution in [0.15, 0.2) is 46.9 Å². The van der Waals surface area contributed by atoms with Crippen LogP contribution in [0.5, 0.6) is 0 Å². The normalized spacial score (nSPS) is 13.3. The molecule has 0 saturated carbocycles. The average molecular weight is 371 g/mol. The van der Waals surface area contributed by atoms with E-state index >= 15 is 0 Å². The van der Waals surface area contributed by atoms with E-state index in [0.29, 0.717) is 10.4 Å². The van der Waals surface area contributed by atoms with Crippen molar-refractivity contribution < 1.29 is 19.1 Å². The molecule has 0 aliphatic carbocycles. The number of esters is 1. The number of nitrogens with zero attached hydrogens (tertiary/aromatic N) is 2. The quantitative estimate of drug-likeness (QED) is 0.816. The summed E-state index contributed by atoms with van der Waals surface area (Å²) >= 11 is 1.22. The van der Waals surface area contributed by atoms with Gasteiger partial charge in [-0.25, -0.2) is 4.79 Å². The number of hydrogen-bond acceptors (Lipinski definition) is 7. The molecule has 1 aliphatic rings. The van der Waals surface area contributed by atoms with E-state index < -0.39 is 24.4 Å². The summed E-state index contributed by atoms with van der Waals surface area (Å²) in [6.07, 6.45) is 0.920. The first-order valence-corrected chi connectivity index (χ1v) is 8.87. The van der Waals surface area contributed by atoms with E-state index in [9.17, 15) is 14.4 Å². The Morgan fingerprint density at radius 3 is 2.62 bits per heavy atom. The van der Waals surface area contributed by atoms with Gasteiger partial charge < -0.3 is 4.74 Å². The van der Waals surface area contributed by atoms with Crippen molar-refractivity contribution >= 4 is 40.5 Å². The predicted octanol–water partition coefficient (Wildman–Crippen LogP) is 2.45. The minimum atomic E-state index is -0.671. The van der Waals surface area contributed by atoms with E-state index in [2.05, 4.69) is 10.4 Å². The first kappa shape index (κ1) is 17.8. The molecule has 8 heteroatoms. The van der Waals surface area contributed by atoms with Gasteiger partial charge in [-0.1, -0.05) is 6.07 Å². The molecule has 3 rings (SSSR count). The highest BCUT2D eigenvalue weighted by Gasteiger charge is 2.16. The fourth-order valence-electron chi connectivity index (χ4n) is 2.38. The SMILES string of the molecule is CC1=NN(c2ccc(C(=O)OCC(=O)NC(=O)c3cccs3)cc2)CC1. The highest BCUT2D eigenvalue weighted by atomic mass is 32.1. The lowest BCUT2D eigenvalue weighted by Crippen LogP contribution is -2.33. The molecule has 26 heavy (non-hydrogen) atoms. The van der Waals surface area contributed by atoms with E-state index in [0.717, 1.165) is 24.4 Å². The van der Waals surface area contributed by atoms with Crippen LogP contribution in [0.1, 0.15) is 33.4 Å². The molecule has 134 valence electrons. The third-order valence-electron chi connectivity index (χ3n) is 3.71. The minimum Gasteiger partial charge on any atom is -0.452 e. The van der Waals surface area contributed by atoms with Crippen molar-refractivity contribution in [2.45, 2.75) is 13.3 Å². The van der Waals surface area contributed by atoms with E-state index in [1.807, 2.05) is 11.9 Å². The number of benzene rings is 1. The standard InChI is InChI=1S/C18H17N3O4S/c1-12-8-9-21(20-12)14-6-4-13(5-7-14)18(24)25-11-16(22)19-17(23)15-3-2-10-26-15/h2-7,10H,8-9,11H2,1H3,(H,19,22,23). The number of ether oxygens (including phenoxy) is 1. The van der Waals surface area contributed by atoms with Gasteiger partial charge in [0.05, 0.1) is 16.1 Å². The fourth-order valence-corrected chi connectivity index (χ4v) is 3.00. The van der Waals surface area contributed by atoms with Gasteiger partial charge in [-0.05, 0) is 42.6 Å². The number of imide groups is 1. The van der Waals surface area contributed by atoms with Crippen LogP contribution in [0.25, 0.3) is 0 Å². The van der Waals surface area contributed by atoms with Gasteiger partial charge in [0.1, 0.15) is 0 Å². The molecule has 1 aliphatic heterocycles. The maximum atomic E-state index is 12.0. The summed E-state index contributed by atoms with van der Waals surface area (Å²) in [5, 5.41) is 10.2. The highest BCUT2D eigenvalue weighted by molar-refractivity contribution is 7.12. The lowest BCUT2D eigenvalue weighted by molar-refractivity contribution is -0.123. The second-order valence-electron chi connectivity index (χ2n) is 5.69. The molecular weight excluding hydrogens is 354 g/mol. The van der Waals surface area contributed by atoms with Gasteiger partial charge in [-0.2, -0.15) is 5.10 Å². The number of carbonyl (C=O) groups is 3. The van der Waals surface area contributed by atoms with E-state index in [4.69, 9.17) is 4.74 Å². The Morgan fingerprint density at radius 1 is 1.23 bits per heavy atom. The van der Waals surface area contributed by atoms with Gasteiger partial charge in [-0.3, -0.25) is 19.9 Å². The van der Waals surface area contributed by atoms with Gasteiger partial charge in [0.2, 0.25) is 0 Å². The van der Waals surface area contributed by atoms with Crippen molar-refractivity contribution in [2.24, 2.45) is 5.10 Å². The van der Waals surface area contributed by atoms with Crippen LogP contribution in [0.4, 0.5) is 5.69 Å². The molecule has 0 fully saturated rings. The summed E-state index contributed by atoms with van der Waals surface area (Å²) in [5.41, 5.74) is 2.28. The van der Waals surface area contributed by atoms with Gasteiger partial charge in [0.25, 0.3) is 11.8 Å². The molecule has 0 radical (unpaired) electrons. The summed E-state index contributed by atoms with van der Waals surface area (Å²) in [6.45, 7) is 2.27. The Kier molecular flexibility index (Phi) is 5.43. The van der Waals surface area contributed by atoms with Crippen LogP contribution in [0.3, 0.4) is 0 Å². The first-order chi connectivity index (χ1) is 12.5. The van der Waals surface area contributed by atoms with Crippen molar-refractivity contribution in [3.63, 3.8) is 0 Å². The molecule has 0 atom stereocenters. The van der Waals surface area contributed by atoms with E-state index in [1.165, 1.54) is 11.3 Å². The van der Waals surface area contributed by atoms with Gasteiger partial charge in [0, 0.05) is 18.7 Å². The molecule has 1 N–H and O–H groups in total. The summed E-state index contributed by atoms with van der Waals surface area (Å²) in [4.78, 5) is 35.9. The lowest BCUT2D eigenvalue weighted by atomic mass is 10.2. The molecule has 1 aromatic carbocycles. The predicted molar refractivity (Wildman–Crippen MR) is 98.6 cm³/mol. The molecule has 7 nitrogen and oxygen atoms in total. The van der Waals surface area contributed by atoms with Crippen molar-refractivity contribution in [3.05, 3.63) is 52.2 Å². The molecule has 0 unspecified atom stereocenters. The van der Waals surface area contributed by atoms with Crippen LogP contribution in [-0.4, -0.2) is 36.6 Å². The number of rotatable bonds is 5. The summed E-state index contributed by atoms with van der Waals surface area (Å²) in [5.74, 6) is -1.81. The molecule has 0 bridgehead atoms. The topological polar surface area (TPSA) is 88.1 Å². The summed E-state index contributed by atoms with van der Waals surface area (Å²) < 4.78 is 4.95. The molecule has 1 aromatic heterocycles. The zero-order valence-corrected chi connectivity index (χ0v) is 14.9. The smallest absolute Gasteiger partial charge is 0.338 e. The lowest BCUT2D eigenvalue weighted by Gasteiger charge is -2.13. The first-order valence-electron chi connectivity index (χ1n) is 7.99. The zero-order chi connectivity index (χ0) is 18.5. The number of hydrogen-bond donors (Lipinski definition) is 1. The molecule has 0 spiro atoms. The van der Waals surface area contributed by atoms with Crippen molar-refractivity contribution in [3.8, 4) is 0 Å². The number of thiophene rings is 1. The van der Waals surface area contributed by atoms with Crippen LogP contribution in [-0.2, 0) is 9.53 Å². The fraction of sp³-hybridized carbons (Fsp3) is 0.222. The third-order valence-corrected chi connectivity index (χ3v) is 4.58. The van der Waals surface area contributed by atoms with E-state index in [1.54, 1.807) is 41.8 Å². The zero-order valence-electron chi connectivity index (χ0n) is 14.1. The Hall–Kier alpha value is -3.00. The maximum Gasteiger partial charge on any atom is 0.338 e. The highest BCUT2D eigenvalue weighted by Crippen LogP contribution is 2.20. The van der Waals surface area contributed by atoms with Crippen molar-refractivity contribution in [2.75, 3.05) is 18.2 Å². The molecule has 2 amide bonds. The number of hydrazone groups is 1. The molecular formula is C18H17N3O4S. The second kappa shape index (κ2) is 7.92. The third kappa shape index (κ3) is 4.34. The molecule has 2 aromatic rings. The van der Waals surface area contributed by atoms with Gasteiger partial charge in [-0.15, -0.1) is 11.3 Å². The molecule has 0 saturated heterocycles. The minimum absolute atomic E-state index is 0.325. The second-order valence-corrected chi connectivity index (χ2v) is 6.63. The number of amides is 2. The number of anilines is 1. The maximum absolute atomic E-state index is 12.0. The van der Waals surface area contributed by atoms with Crippen LogP contribution in [0.2, 0.25) is 0 Å². The monoisotopic (exact) mass is 371 g/mol. The summed E-state index contributed by atoms with van der Waals surface area (Å²) in [7, 11) is 0. The van der Waals surface area contributed by atoms with Gasteiger partial charge in [0.15, 0.2) is 6.61 Å². The number of carbonyl (C=O) groups excluding carboxylic acids is 3. The van der Waals surface area contributed by atoms with Crippen LogP contribution in [0, 0.1) is 0 Å². The average Bonchev–Trinajstić information content (AvgIpc) is 3.31. The Labute approximate surface area is 154 Å². The van der Waals surface area contributed by atoms with Gasteiger partial charge >= 0.3 is 5.97 Å².